The highest BCUT2D eigenvalue weighted by atomic mass is 32.2. The summed E-state index contributed by atoms with van der Waals surface area (Å²) >= 11 is 2.00. The first-order valence-corrected chi connectivity index (χ1v) is 7.95. The van der Waals surface area contributed by atoms with Gasteiger partial charge >= 0.3 is 0 Å². The fourth-order valence-corrected chi connectivity index (χ4v) is 3.49. The molecule has 0 radical (unpaired) electrons. The molecule has 18 heavy (non-hydrogen) atoms. The van der Waals surface area contributed by atoms with E-state index in [1.165, 1.54) is 43.4 Å². The molecule has 0 atom stereocenters. The molecule has 0 fully saturated rings. The van der Waals surface area contributed by atoms with Crippen LogP contribution >= 0.6 is 11.8 Å². The van der Waals surface area contributed by atoms with Crippen LogP contribution in [0.4, 0.5) is 0 Å². The minimum absolute atomic E-state index is 0.230. The molecule has 0 aliphatic carbocycles. The summed E-state index contributed by atoms with van der Waals surface area (Å²) in [4.78, 5) is 1.37. The van der Waals surface area contributed by atoms with Crippen LogP contribution in [0, 0.1) is 0 Å². The Kier molecular flexibility index (Phi) is 7.19. The first-order chi connectivity index (χ1) is 8.76. The van der Waals surface area contributed by atoms with Gasteiger partial charge in [-0.1, -0.05) is 63.8 Å². The average molecular weight is 262 g/mol. The second-order valence-corrected chi connectivity index (χ2v) is 6.38. The number of rotatable bonds is 9. The minimum Gasteiger partial charge on any atom is -0.115 e. The maximum absolute atomic E-state index is 4.11. The van der Waals surface area contributed by atoms with Crippen molar-refractivity contribution in [3.05, 3.63) is 43.0 Å². The molecular formula is C17H26S. The fraction of sp³-hybridized carbons (Fsp3) is 0.529. The maximum Gasteiger partial charge on any atom is 0.0383 e. The lowest BCUT2D eigenvalue weighted by Crippen LogP contribution is -2.21. The Balaban J connectivity index is 2.77. The van der Waals surface area contributed by atoms with Gasteiger partial charge in [0.25, 0.3) is 0 Å². The number of thioether (sulfide) groups is 1. The third-order valence-corrected chi connectivity index (χ3v) is 4.83. The molecule has 1 heteroatoms. The van der Waals surface area contributed by atoms with Crippen molar-refractivity contribution in [1.29, 1.82) is 0 Å². The van der Waals surface area contributed by atoms with Crippen LogP contribution in [-0.2, 0) is 0 Å². The zero-order valence-corrected chi connectivity index (χ0v) is 12.6. The molecule has 0 aromatic heterocycles. The molecule has 0 bridgehead atoms. The molecule has 0 aliphatic rings. The molecule has 0 heterocycles. The van der Waals surface area contributed by atoms with Crippen LogP contribution in [0.25, 0.3) is 0 Å². The van der Waals surface area contributed by atoms with Crippen molar-refractivity contribution < 1.29 is 0 Å². The van der Waals surface area contributed by atoms with Crippen molar-refractivity contribution in [1.82, 2.24) is 0 Å². The molecule has 0 nitrogen and oxygen atoms in total. The van der Waals surface area contributed by atoms with E-state index in [0.29, 0.717) is 0 Å². The summed E-state index contributed by atoms with van der Waals surface area (Å²) in [7, 11) is 0. The fourth-order valence-electron chi connectivity index (χ4n) is 2.15. The predicted octanol–water partition coefficient (Wildman–Crippen LogP) is 6.08. The minimum atomic E-state index is 0.230. The Bertz CT molecular complexity index is 321. The topological polar surface area (TPSA) is 0 Å². The van der Waals surface area contributed by atoms with Crippen LogP contribution in [0.1, 0.15) is 52.4 Å². The van der Waals surface area contributed by atoms with Gasteiger partial charge in [0.15, 0.2) is 0 Å². The number of benzene rings is 1. The molecular weight excluding hydrogens is 236 g/mol. The van der Waals surface area contributed by atoms with Gasteiger partial charge in [-0.2, -0.15) is 0 Å². The zero-order valence-electron chi connectivity index (χ0n) is 11.8. The van der Waals surface area contributed by atoms with Crippen LogP contribution in [0.3, 0.4) is 0 Å². The summed E-state index contributed by atoms with van der Waals surface area (Å²) < 4.78 is 0.230. The van der Waals surface area contributed by atoms with E-state index in [0.717, 1.165) is 0 Å². The van der Waals surface area contributed by atoms with E-state index >= 15 is 0 Å². The van der Waals surface area contributed by atoms with Crippen LogP contribution < -0.4 is 0 Å². The summed E-state index contributed by atoms with van der Waals surface area (Å²) in [5, 5.41) is 0. The number of unbranched alkanes of at least 4 members (excludes halogenated alkanes) is 2. The third kappa shape index (κ3) is 4.89. The quantitative estimate of drug-likeness (QED) is 0.383. The van der Waals surface area contributed by atoms with Gasteiger partial charge in [-0.15, -0.1) is 18.3 Å². The van der Waals surface area contributed by atoms with E-state index < -0.39 is 0 Å². The SMILES string of the molecule is C=CC(CCCC)(CCCC)Sc1ccccc1. The van der Waals surface area contributed by atoms with Crippen LogP contribution in [0.15, 0.2) is 47.9 Å². The Morgan fingerprint density at radius 3 is 2.06 bits per heavy atom. The molecule has 0 N–H and O–H groups in total. The Morgan fingerprint density at radius 2 is 1.61 bits per heavy atom. The summed E-state index contributed by atoms with van der Waals surface area (Å²) in [6, 6.07) is 10.7. The predicted molar refractivity (Wildman–Crippen MR) is 84.3 cm³/mol. The van der Waals surface area contributed by atoms with Crippen molar-refractivity contribution in [2.45, 2.75) is 62.0 Å². The third-order valence-electron chi connectivity index (χ3n) is 3.34. The smallest absolute Gasteiger partial charge is 0.0383 e. The van der Waals surface area contributed by atoms with E-state index in [1.54, 1.807) is 0 Å². The lowest BCUT2D eigenvalue weighted by atomic mass is 9.95. The molecule has 1 aromatic rings. The van der Waals surface area contributed by atoms with E-state index in [2.05, 4.69) is 56.8 Å². The molecule has 1 rings (SSSR count). The number of hydrogen-bond acceptors (Lipinski definition) is 1. The largest absolute Gasteiger partial charge is 0.115 e. The zero-order chi connectivity index (χ0) is 13.3. The van der Waals surface area contributed by atoms with Crippen LogP contribution in [-0.4, -0.2) is 4.75 Å². The van der Waals surface area contributed by atoms with Crippen molar-refractivity contribution in [2.24, 2.45) is 0 Å². The lowest BCUT2D eigenvalue weighted by Gasteiger charge is -2.30. The van der Waals surface area contributed by atoms with Crippen molar-refractivity contribution >= 4 is 11.8 Å². The van der Waals surface area contributed by atoms with Crippen LogP contribution in [0.2, 0.25) is 0 Å². The average Bonchev–Trinajstić information content (AvgIpc) is 2.43. The molecule has 0 saturated carbocycles. The van der Waals surface area contributed by atoms with Gasteiger partial charge in [-0.25, -0.2) is 0 Å². The van der Waals surface area contributed by atoms with Gasteiger partial charge in [-0.3, -0.25) is 0 Å². The number of hydrogen-bond donors (Lipinski definition) is 0. The molecule has 1 aromatic carbocycles. The van der Waals surface area contributed by atoms with E-state index in [-0.39, 0.29) is 4.75 Å². The molecule has 0 spiro atoms. The Morgan fingerprint density at radius 1 is 1.06 bits per heavy atom. The second kappa shape index (κ2) is 8.42. The molecule has 0 saturated heterocycles. The highest BCUT2D eigenvalue weighted by molar-refractivity contribution is 8.00. The molecule has 0 aliphatic heterocycles. The van der Waals surface area contributed by atoms with E-state index in [4.69, 9.17) is 0 Å². The van der Waals surface area contributed by atoms with Gasteiger partial charge in [0, 0.05) is 9.64 Å². The maximum atomic E-state index is 4.11. The first-order valence-electron chi connectivity index (χ1n) is 7.14. The van der Waals surface area contributed by atoms with Gasteiger partial charge in [0.2, 0.25) is 0 Å². The highest BCUT2D eigenvalue weighted by Crippen LogP contribution is 2.41. The summed E-state index contributed by atoms with van der Waals surface area (Å²) in [5.74, 6) is 0. The lowest BCUT2D eigenvalue weighted by molar-refractivity contribution is 0.537. The standard InChI is InChI=1S/C17H26S/c1-4-7-14-17(6-3,15-8-5-2)18-16-12-10-9-11-13-16/h6,9-13H,3-5,7-8,14-15H2,1-2H3. The van der Waals surface area contributed by atoms with Crippen molar-refractivity contribution in [3.8, 4) is 0 Å². The highest BCUT2D eigenvalue weighted by Gasteiger charge is 2.26. The Hall–Kier alpha value is -0.690. The van der Waals surface area contributed by atoms with Gasteiger partial charge < -0.3 is 0 Å². The molecule has 0 unspecified atom stereocenters. The summed E-state index contributed by atoms with van der Waals surface area (Å²) in [6.07, 6.45) is 9.77. The van der Waals surface area contributed by atoms with Crippen LogP contribution in [0.5, 0.6) is 0 Å². The monoisotopic (exact) mass is 262 g/mol. The molecule has 0 amide bonds. The van der Waals surface area contributed by atoms with E-state index in [1.807, 2.05) is 11.8 Å². The van der Waals surface area contributed by atoms with E-state index in [9.17, 15) is 0 Å². The Labute approximate surface area is 117 Å². The van der Waals surface area contributed by atoms with Gasteiger partial charge in [0.1, 0.15) is 0 Å². The summed E-state index contributed by atoms with van der Waals surface area (Å²) in [6.45, 7) is 8.64. The van der Waals surface area contributed by atoms with Crippen molar-refractivity contribution in [2.75, 3.05) is 0 Å². The normalized spacial score (nSPS) is 11.4. The first kappa shape index (κ1) is 15.4. The van der Waals surface area contributed by atoms with Crippen molar-refractivity contribution in [3.63, 3.8) is 0 Å². The summed E-state index contributed by atoms with van der Waals surface area (Å²) in [5.41, 5.74) is 0. The molecule has 100 valence electrons. The van der Waals surface area contributed by atoms with Gasteiger partial charge in [-0.05, 0) is 25.0 Å². The second-order valence-electron chi connectivity index (χ2n) is 4.89. The van der Waals surface area contributed by atoms with Gasteiger partial charge in [0.05, 0.1) is 0 Å².